The topological polar surface area (TPSA) is 21.1 Å². The summed E-state index contributed by atoms with van der Waals surface area (Å²) in [7, 11) is 0. The van der Waals surface area contributed by atoms with E-state index >= 15 is 0 Å². The molecule has 1 aromatic heterocycles. The third kappa shape index (κ3) is 4.19. The molecule has 1 aliphatic heterocycles. The minimum absolute atomic E-state index is 0.693. The average molecular weight is 422 g/mol. The number of imidazole rings is 1. The molecular weight excluding hydrogens is 397 g/mol. The summed E-state index contributed by atoms with van der Waals surface area (Å²) in [6.45, 7) is 7.22. The van der Waals surface area contributed by atoms with Crippen LogP contribution in [0.25, 0.3) is 17.0 Å². The first kappa shape index (κ1) is 20.4. The van der Waals surface area contributed by atoms with Crippen LogP contribution in [0, 0.1) is 0 Å². The second-order valence-corrected chi connectivity index (χ2v) is 7.93. The fourth-order valence-electron chi connectivity index (χ4n) is 3.71. The SMILES string of the molecule is C=C1C=C(C2=CC(F)C=CC=C2)N(CCCCC)c2nc(-c3ccc(Cl)cc3)cn21. The van der Waals surface area contributed by atoms with E-state index < -0.39 is 6.17 Å². The lowest BCUT2D eigenvalue weighted by molar-refractivity contribution is 0.468. The first-order valence-corrected chi connectivity index (χ1v) is 10.7. The average Bonchev–Trinajstić information content (AvgIpc) is 3.07. The number of aromatic nitrogens is 2. The van der Waals surface area contributed by atoms with Gasteiger partial charge in [-0.1, -0.05) is 68.3 Å². The number of hydrogen-bond donors (Lipinski definition) is 0. The number of alkyl halides is 1. The largest absolute Gasteiger partial charge is 0.311 e. The van der Waals surface area contributed by atoms with Gasteiger partial charge in [-0.25, -0.2) is 9.37 Å². The third-order valence-corrected chi connectivity index (χ3v) is 5.53. The van der Waals surface area contributed by atoms with Crippen LogP contribution in [0.3, 0.4) is 0 Å². The fourth-order valence-corrected chi connectivity index (χ4v) is 3.83. The molecule has 2 heterocycles. The van der Waals surface area contributed by atoms with Crippen LogP contribution < -0.4 is 4.90 Å². The van der Waals surface area contributed by atoms with Crippen LogP contribution in [0.2, 0.25) is 5.02 Å². The maximum absolute atomic E-state index is 14.2. The van der Waals surface area contributed by atoms with Crippen molar-refractivity contribution in [2.45, 2.75) is 32.4 Å². The maximum atomic E-state index is 14.2. The summed E-state index contributed by atoms with van der Waals surface area (Å²) in [5.74, 6) is 0.806. The Kier molecular flexibility index (Phi) is 6.05. The standard InChI is InChI=1S/C25H25ClFN3/c1-3-4-7-14-29-24(20-8-5-6-9-22(27)16-20)15-18(2)30-17-23(28-25(29)30)19-10-12-21(26)13-11-19/h5-6,8-13,15-17,22H,2-4,7,14H2,1H3. The van der Waals surface area contributed by atoms with Crippen LogP contribution >= 0.6 is 11.6 Å². The van der Waals surface area contributed by atoms with Crippen molar-refractivity contribution in [1.82, 2.24) is 9.55 Å². The molecule has 1 atom stereocenters. The van der Waals surface area contributed by atoms with Crippen LogP contribution in [-0.2, 0) is 0 Å². The van der Waals surface area contributed by atoms with Crippen LogP contribution in [0.1, 0.15) is 26.2 Å². The Morgan fingerprint density at radius 2 is 1.97 bits per heavy atom. The highest BCUT2D eigenvalue weighted by molar-refractivity contribution is 6.30. The number of allylic oxidation sites excluding steroid dienone is 7. The number of halogens is 2. The summed E-state index contributed by atoms with van der Waals surface area (Å²) in [5.41, 5.74) is 4.42. The summed E-state index contributed by atoms with van der Waals surface area (Å²) >= 11 is 6.04. The highest BCUT2D eigenvalue weighted by Gasteiger charge is 2.26. The van der Waals surface area contributed by atoms with E-state index in [0.29, 0.717) is 5.02 Å². The predicted molar refractivity (Wildman–Crippen MR) is 124 cm³/mol. The van der Waals surface area contributed by atoms with Gasteiger partial charge in [0.2, 0.25) is 5.95 Å². The van der Waals surface area contributed by atoms with E-state index in [1.807, 2.05) is 53.3 Å². The van der Waals surface area contributed by atoms with E-state index in [2.05, 4.69) is 18.4 Å². The van der Waals surface area contributed by atoms with Gasteiger partial charge in [0.25, 0.3) is 0 Å². The van der Waals surface area contributed by atoms with Crippen molar-refractivity contribution in [3.05, 3.63) is 89.8 Å². The molecule has 0 bridgehead atoms. The highest BCUT2D eigenvalue weighted by atomic mass is 35.5. The minimum atomic E-state index is -1.12. The van der Waals surface area contributed by atoms with Crippen molar-refractivity contribution in [3.8, 4) is 11.3 Å². The summed E-state index contributed by atoms with van der Waals surface area (Å²) in [6, 6.07) is 7.65. The first-order valence-electron chi connectivity index (χ1n) is 10.3. The smallest absolute Gasteiger partial charge is 0.215 e. The van der Waals surface area contributed by atoms with Crippen LogP contribution in [0.15, 0.2) is 84.8 Å². The summed E-state index contributed by atoms with van der Waals surface area (Å²) in [6.07, 6.45) is 14.9. The van der Waals surface area contributed by atoms with Crippen LogP contribution in [-0.4, -0.2) is 22.3 Å². The van der Waals surface area contributed by atoms with Gasteiger partial charge in [-0.2, -0.15) is 0 Å². The molecule has 0 fully saturated rings. The normalized spacial score (nSPS) is 18.2. The van der Waals surface area contributed by atoms with Gasteiger partial charge in [0.15, 0.2) is 0 Å². The Bertz CT molecular complexity index is 1060. The van der Waals surface area contributed by atoms with Crippen molar-refractivity contribution >= 4 is 23.2 Å². The van der Waals surface area contributed by atoms with E-state index in [4.69, 9.17) is 16.6 Å². The van der Waals surface area contributed by atoms with Gasteiger partial charge >= 0.3 is 0 Å². The van der Waals surface area contributed by atoms with Crippen molar-refractivity contribution < 1.29 is 4.39 Å². The number of nitrogens with zero attached hydrogens (tertiary/aromatic N) is 3. The summed E-state index contributed by atoms with van der Waals surface area (Å²) < 4.78 is 16.2. The lowest BCUT2D eigenvalue weighted by Gasteiger charge is -2.32. The number of benzene rings is 1. The molecule has 3 nitrogen and oxygen atoms in total. The molecule has 0 radical (unpaired) electrons. The van der Waals surface area contributed by atoms with Crippen molar-refractivity contribution in [2.24, 2.45) is 0 Å². The van der Waals surface area contributed by atoms with E-state index in [1.54, 1.807) is 18.2 Å². The molecule has 5 heteroatoms. The fraction of sp³-hybridized carbons (Fsp3) is 0.240. The van der Waals surface area contributed by atoms with Crippen LogP contribution in [0.5, 0.6) is 0 Å². The van der Waals surface area contributed by atoms with Gasteiger partial charge in [-0.15, -0.1) is 0 Å². The Morgan fingerprint density at radius 1 is 1.17 bits per heavy atom. The molecule has 0 N–H and O–H groups in total. The van der Waals surface area contributed by atoms with Gasteiger partial charge in [0, 0.05) is 29.0 Å². The molecule has 0 saturated heterocycles. The van der Waals surface area contributed by atoms with Gasteiger partial charge in [0.05, 0.1) is 11.4 Å². The molecule has 0 amide bonds. The second-order valence-electron chi connectivity index (χ2n) is 7.49. The van der Waals surface area contributed by atoms with Gasteiger partial charge < -0.3 is 4.90 Å². The monoisotopic (exact) mass is 421 g/mol. The minimum Gasteiger partial charge on any atom is -0.311 e. The Hall–Kier alpha value is -2.85. The van der Waals surface area contributed by atoms with Gasteiger partial charge in [-0.05, 0) is 42.4 Å². The first-order chi connectivity index (χ1) is 14.6. The Balaban J connectivity index is 1.75. The molecule has 1 aromatic carbocycles. The van der Waals surface area contributed by atoms with Gasteiger partial charge in [0.1, 0.15) is 6.17 Å². The van der Waals surface area contributed by atoms with E-state index in [1.165, 1.54) is 0 Å². The van der Waals surface area contributed by atoms with E-state index in [9.17, 15) is 4.39 Å². The van der Waals surface area contributed by atoms with Crippen molar-refractivity contribution in [3.63, 3.8) is 0 Å². The highest BCUT2D eigenvalue weighted by Crippen LogP contribution is 2.36. The number of rotatable bonds is 6. The molecule has 2 aromatic rings. The van der Waals surface area contributed by atoms with Crippen molar-refractivity contribution in [2.75, 3.05) is 11.4 Å². The van der Waals surface area contributed by atoms with Gasteiger partial charge in [-0.3, -0.25) is 4.57 Å². The van der Waals surface area contributed by atoms with Crippen molar-refractivity contribution in [1.29, 1.82) is 0 Å². The molecule has 2 aliphatic rings. The predicted octanol–water partition coefficient (Wildman–Crippen LogP) is 6.96. The molecule has 1 unspecified atom stereocenters. The van der Waals surface area contributed by atoms with E-state index in [0.717, 1.165) is 60.0 Å². The van der Waals surface area contributed by atoms with Crippen LogP contribution in [0.4, 0.5) is 10.3 Å². The molecule has 0 saturated carbocycles. The third-order valence-electron chi connectivity index (χ3n) is 5.27. The zero-order valence-electron chi connectivity index (χ0n) is 17.1. The number of anilines is 1. The number of unbranched alkanes of at least 4 members (excludes halogenated alkanes) is 2. The molecule has 1 aliphatic carbocycles. The summed E-state index contributed by atoms with van der Waals surface area (Å²) in [4.78, 5) is 7.11. The molecule has 0 spiro atoms. The lowest BCUT2D eigenvalue weighted by Crippen LogP contribution is -2.30. The maximum Gasteiger partial charge on any atom is 0.215 e. The molecule has 154 valence electrons. The number of fused-ring (bicyclic) bond motifs is 1. The molecule has 30 heavy (non-hydrogen) atoms. The quantitative estimate of drug-likeness (QED) is 0.470. The number of hydrogen-bond acceptors (Lipinski definition) is 2. The zero-order chi connectivity index (χ0) is 21.1. The molecule has 4 rings (SSSR count). The molecular formula is C25H25ClFN3. The second kappa shape index (κ2) is 8.88. The summed E-state index contributed by atoms with van der Waals surface area (Å²) in [5, 5.41) is 0.693. The Morgan fingerprint density at radius 3 is 2.73 bits per heavy atom. The zero-order valence-corrected chi connectivity index (χ0v) is 17.8. The van der Waals surface area contributed by atoms with E-state index in [-0.39, 0.29) is 0 Å². The Labute approximate surface area is 182 Å². The lowest BCUT2D eigenvalue weighted by atomic mass is 10.1.